The highest BCUT2D eigenvalue weighted by Crippen LogP contribution is 2.30. The van der Waals surface area contributed by atoms with Gasteiger partial charge in [-0.3, -0.25) is 0 Å². The fraction of sp³-hybridized carbons (Fsp3) is 0.273. The molecule has 0 saturated heterocycles. The molecule has 0 aliphatic carbocycles. The van der Waals surface area contributed by atoms with E-state index in [1.807, 2.05) is 12.2 Å². The molecule has 0 nitrogen and oxygen atoms in total. The number of rotatable bonds is 3. The van der Waals surface area contributed by atoms with Gasteiger partial charge < -0.3 is 0 Å². The van der Waals surface area contributed by atoms with Crippen LogP contribution in [0.3, 0.4) is 0 Å². The van der Waals surface area contributed by atoms with Gasteiger partial charge in [-0.2, -0.15) is 0 Å². The van der Waals surface area contributed by atoms with Gasteiger partial charge in [-0.25, -0.2) is 0 Å². The monoisotopic (exact) mass is 178 g/mol. The van der Waals surface area contributed by atoms with Gasteiger partial charge in [0.25, 0.3) is 0 Å². The van der Waals surface area contributed by atoms with E-state index in [0.717, 1.165) is 0 Å². The van der Waals surface area contributed by atoms with Gasteiger partial charge in [-0.1, -0.05) is 39.2 Å². The highest BCUT2D eigenvalue weighted by atomic mass is 32.1. The van der Waals surface area contributed by atoms with E-state index >= 15 is 0 Å². The first-order valence-electron chi connectivity index (χ1n) is 4.07. The first-order valence-corrected chi connectivity index (χ1v) is 4.95. The van der Waals surface area contributed by atoms with E-state index in [9.17, 15) is 0 Å². The molecule has 0 radical (unpaired) electrons. The van der Waals surface area contributed by atoms with Crippen molar-refractivity contribution in [3.05, 3.63) is 34.5 Å². The third-order valence-corrected chi connectivity index (χ3v) is 2.91. The molecule has 0 aliphatic heterocycles. The zero-order valence-corrected chi connectivity index (χ0v) is 8.45. The normalized spacial score (nSPS) is 10.2. The average Bonchev–Trinajstić information content (AvgIpc) is 2.46. The van der Waals surface area contributed by atoms with Gasteiger partial charge in [0.05, 0.1) is 0 Å². The van der Waals surface area contributed by atoms with E-state index in [2.05, 4.69) is 32.4 Å². The second-order valence-electron chi connectivity index (χ2n) is 3.03. The van der Waals surface area contributed by atoms with Crippen LogP contribution >= 0.6 is 11.3 Å². The summed E-state index contributed by atoms with van der Waals surface area (Å²) < 4.78 is 0. The summed E-state index contributed by atoms with van der Waals surface area (Å²) in [5, 5.41) is 2.19. The number of hydrogen-bond donors (Lipinski definition) is 0. The summed E-state index contributed by atoms with van der Waals surface area (Å²) >= 11 is 1.74. The van der Waals surface area contributed by atoms with Gasteiger partial charge in [0.1, 0.15) is 0 Å². The maximum Gasteiger partial charge on any atom is 0.0339 e. The van der Waals surface area contributed by atoms with Crippen LogP contribution in [0.15, 0.2) is 18.5 Å². The molecule has 12 heavy (non-hydrogen) atoms. The van der Waals surface area contributed by atoms with Crippen LogP contribution in [-0.4, -0.2) is 0 Å². The van der Waals surface area contributed by atoms with Crippen molar-refractivity contribution in [2.75, 3.05) is 0 Å². The molecule has 0 N–H and O–H groups in total. The lowest BCUT2D eigenvalue weighted by molar-refractivity contribution is 0.869. The Morgan fingerprint density at radius 2 is 2.00 bits per heavy atom. The van der Waals surface area contributed by atoms with Crippen molar-refractivity contribution < 1.29 is 0 Å². The predicted molar refractivity (Wildman–Crippen MR) is 58.6 cm³/mol. The van der Waals surface area contributed by atoms with Crippen LogP contribution < -0.4 is 0 Å². The maximum atomic E-state index is 3.81. The van der Waals surface area contributed by atoms with Crippen LogP contribution in [0, 0.1) is 0 Å². The van der Waals surface area contributed by atoms with Crippen LogP contribution in [0.25, 0.3) is 12.2 Å². The lowest BCUT2D eigenvalue weighted by atomic mass is 10.0. The van der Waals surface area contributed by atoms with Gasteiger partial charge in [0, 0.05) is 4.88 Å². The molecular weight excluding hydrogens is 164 g/mol. The molecule has 0 bridgehead atoms. The van der Waals surface area contributed by atoms with Crippen molar-refractivity contribution >= 4 is 23.5 Å². The zero-order chi connectivity index (χ0) is 9.14. The number of hydrogen-bond acceptors (Lipinski definition) is 1. The summed E-state index contributed by atoms with van der Waals surface area (Å²) in [6.07, 6.45) is 3.82. The Balaban J connectivity index is 3.22. The highest BCUT2D eigenvalue weighted by Gasteiger charge is 2.08. The second kappa shape index (κ2) is 3.72. The standard InChI is InChI=1S/C11H14S/c1-5-9-10(8(3)4)7-12-11(9)6-2/h5-8H,1-2H2,3-4H3. The SMILES string of the molecule is C=Cc1scc(C(C)C)c1C=C. The van der Waals surface area contributed by atoms with E-state index in [-0.39, 0.29) is 0 Å². The van der Waals surface area contributed by atoms with Crippen molar-refractivity contribution in [3.63, 3.8) is 0 Å². The fourth-order valence-electron chi connectivity index (χ4n) is 1.22. The van der Waals surface area contributed by atoms with Crippen molar-refractivity contribution in [2.24, 2.45) is 0 Å². The molecule has 0 aromatic carbocycles. The smallest absolute Gasteiger partial charge is 0.0339 e. The molecule has 1 aromatic heterocycles. The highest BCUT2D eigenvalue weighted by molar-refractivity contribution is 7.11. The Hall–Kier alpha value is -0.820. The minimum Gasteiger partial charge on any atom is -0.144 e. The Bertz CT molecular complexity index is 292. The van der Waals surface area contributed by atoms with Crippen LogP contribution in [0.4, 0.5) is 0 Å². The molecular formula is C11H14S. The third kappa shape index (κ3) is 1.51. The lowest BCUT2D eigenvalue weighted by Gasteiger charge is -2.03. The lowest BCUT2D eigenvalue weighted by Crippen LogP contribution is -1.86. The van der Waals surface area contributed by atoms with E-state index in [1.54, 1.807) is 11.3 Å². The second-order valence-corrected chi connectivity index (χ2v) is 3.94. The van der Waals surface area contributed by atoms with Crippen LogP contribution in [0.5, 0.6) is 0 Å². The molecule has 0 spiro atoms. The molecule has 0 atom stereocenters. The number of thiophene rings is 1. The molecule has 1 heteroatoms. The molecule has 0 aliphatic rings. The molecule has 0 unspecified atom stereocenters. The Morgan fingerprint density at radius 3 is 2.42 bits per heavy atom. The van der Waals surface area contributed by atoms with E-state index < -0.39 is 0 Å². The molecule has 1 rings (SSSR count). The van der Waals surface area contributed by atoms with E-state index in [4.69, 9.17) is 0 Å². The van der Waals surface area contributed by atoms with E-state index in [1.165, 1.54) is 16.0 Å². The Morgan fingerprint density at radius 1 is 1.33 bits per heavy atom. The van der Waals surface area contributed by atoms with Gasteiger partial charge in [-0.05, 0) is 22.4 Å². The topological polar surface area (TPSA) is 0 Å². The summed E-state index contributed by atoms with van der Waals surface area (Å²) in [6, 6.07) is 0. The molecule has 0 amide bonds. The molecule has 1 heterocycles. The first-order chi connectivity index (χ1) is 5.70. The van der Waals surface area contributed by atoms with Crippen molar-refractivity contribution in [2.45, 2.75) is 19.8 Å². The maximum absolute atomic E-state index is 3.81. The molecule has 1 aromatic rings. The largest absolute Gasteiger partial charge is 0.144 e. The zero-order valence-electron chi connectivity index (χ0n) is 7.63. The molecule has 0 saturated carbocycles. The molecule has 64 valence electrons. The summed E-state index contributed by atoms with van der Waals surface area (Å²) in [5.41, 5.74) is 2.63. The quantitative estimate of drug-likeness (QED) is 0.652. The Kier molecular flexibility index (Phi) is 2.88. The van der Waals surface area contributed by atoms with Crippen LogP contribution in [0.2, 0.25) is 0 Å². The van der Waals surface area contributed by atoms with Gasteiger partial charge in [-0.15, -0.1) is 11.3 Å². The van der Waals surface area contributed by atoms with Crippen molar-refractivity contribution in [1.29, 1.82) is 0 Å². The van der Waals surface area contributed by atoms with Gasteiger partial charge in [0.15, 0.2) is 0 Å². The van der Waals surface area contributed by atoms with Crippen LogP contribution in [0.1, 0.15) is 35.8 Å². The van der Waals surface area contributed by atoms with Crippen molar-refractivity contribution in [1.82, 2.24) is 0 Å². The summed E-state index contributed by atoms with van der Waals surface area (Å²) in [4.78, 5) is 1.23. The predicted octanol–water partition coefficient (Wildman–Crippen LogP) is 4.16. The molecule has 0 fully saturated rings. The minimum atomic E-state index is 0.572. The summed E-state index contributed by atoms with van der Waals surface area (Å²) in [7, 11) is 0. The van der Waals surface area contributed by atoms with Gasteiger partial charge in [0.2, 0.25) is 0 Å². The first kappa shape index (κ1) is 9.27. The van der Waals surface area contributed by atoms with Crippen LogP contribution in [-0.2, 0) is 0 Å². The fourth-order valence-corrected chi connectivity index (χ4v) is 2.30. The van der Waals surface area contributed by atoms with E-state index in [0.29, 0.717) is 5.92 Å². The third-order valence-electron chi connectivity index (χ3n) is 1.90. The Labute approximate surface area is 78.2 Å². The summed E-state index contributed by atoms with van der Waals surface area (Å²) in [5.74, 6) is 0.572. The average molecular weight is 178 g/mol. The van der Waals surface area contributed by atoms with Gasteiger partial charge >= 0.3 is 0 Å². The summed E-state index contributed by atoms with van der Waals surface area (Å²) in [6.45, 7) is 12.0. The van der Waals surface area contributed by atoms with Crippen molar-refractivity contribution in [3.8, 4) is 0 Å². The minimum absolute atomic E-state index is 0.572.